The Labute approximate surface area is 77.9 Å². The fourth-order valence-corrected chi connectivity index (χ4v) is 2.12. The summed E-state index contributed by atoms with van der Waals surface area (Å²) in [4.78, 5) is 10.7. The standard InChI is InChI=1S/C11H14O2/c12-8-10-6-7-13-11(10)9-4-2-1-3-5-9/h6-9H,1-5H2. The summed E-state index contributed by atoms with van der Waals surface area (Å²) < 4.78 is 5.36. The van der Waals surface area contributed by atoms with E-state index in [2.05, 4.69) is 0 Å². The summed E-state index contributed by atoms with van der Waals surface area (Å²) in [6, 6.07) is 1.76. The van der Waals surface area contributed by atoms with Crippen LogP contribution in [0, 0.1) is 0 Å². The summed E-state index contributed by atoms with van der Waals surface area (Å²) in [5.74, 6) is 1.40. The first kappa shape index (κ1) is 8.54. The molecule has 0 N–H and O–H groups in total. The van der Waals surface area contributed by atoms with E-state index in [0.717, 1.165) is 17.6 Å². The summed E-state index contributed by atoms with van der Waals surface area (Å²) in [6.07, 6.45) is 8.73. The lowest BCUT2D eigenvalue weighted by atomic mass is 9.86. The molecule has 1 aliphatic rings. The minimum Gasteiger partial charge on any atom is -0.468 e. The highest BCUT2D eigenvalue weighted by Gasteiger charge is 2.20. The quantitative estimate of drug-likeness (QED) is 0.651. The average Bonchev–Trinajstić information content (AvgIpc) is 2.67. The zero-order valence-electron chi connectivity index (χ0n) is 7.66. The van der Waals surface area contributed by atoms with E-state index in [9.17, 15) is 4.79 Å². The molecule has 70 valence electrons. The second-order valence-corrected chi connectivity index (χ2v) is 3.69. The van der Waals surface area contributed by atoms with E-state index in [0.29, 0.717) is 5.92 Å². The van der Waals surface area contributed by atoms with Crippen molar-refractivity contribution in [3.63, 3.8) is 0 Å². The summed E-state index contributed by atoms with van der Waals surface area (Å²) in [6.45, 7) is 0. The van der Waals surface area contributed by atoms with Gasteiger partial charge in [-0.2, -0.15) is 0 Å². The largest absolute Gasteiger partial charge is 0.468 e. The molecule has 1 aromatic heterocycles. The van der Waals surface area contributed by atoms with Crippen molar-refractivity contribution in [2.24, 2.45) is 0 Å². The molecule has 0 radical (unpaired) electrons. The van der Waals surface area contributed by atoms with E-state index in [1.807, 2.05) is 0 Å². The van der Waals surface area contributed by atoms with Crippen LogP contribution in [0.4, 0.5) is 0 Å². The first-order valence-corrected chi connectivity index (χ1v) is 4.94. The second kappa shape index (κ2) is 3.77. The van der Waals surface area contributed by atoms with Gasteiger partial charge in [-0.15, -0.1) is 0 Å². The van der Waals surface area contributed by atoms with Crippen LogP contribution in [-0.2, 0) is 0 Å². The van der Waals surface area contributed by atoms with Gasteiger partial charge in [0.25, 0.3) is 0 Å². The molecule has 1 heterocycles. The molecule has 0 aromatic carbocycles. The topological polar surface area (TPSA) is 30.2 Å². The van der Waals surface area contributed by atoms with Gasteiger partial charge in [-0.25, -0.2) is 0 Å². The van der Waals surface area contributed by atoms with Crippen LogP contribution in [0.3, 0.4) is 0 Å². The Hall–Kier alpha value is -1.05. The number of aldehydes is 1. The molecule has 0 bridgehead atoms. The molecule has 1 aromatic rings. The van der Waals surface area contributed by atoms with E-state index >= 15 is 0 Å². The molecule has 1 fully saturated rings. The van der Waals surface area contributed by atoms with Crippen molar-refractivity contribution < 1.29 is 9.21 Å². The van der Waals surface area contributed by atoms with E-state index in [1.54, 1.807) is 12.3 Å². The number of carbonyl (C=O) groups is 1. The predicted molar refractivity (Wildman–Crippen MR) is 49.9 cm³/mol. The third-order valence-corrected chi connectivity index (χ3v) is 2.83. The number of furan rings is 1. The minimum atomic E-state index is 0.490. The van der Waals surface area contributed by atoms with Crippen molar-refractivity contribution in [1.82, 2.24) is 0 Å². The van der Waals surface area contributed by atoms with E-state index in [1.165, 1.54) is 32.1 Å². The fourth-order valence-electron chi connectivity index (χ4n) is 2.12. The van der Waals surface area contributed by atoms with E-state index < -0.39 is 0 Å². The van der Waals surface area contributed by atoms with Crippen molar-refractivity contribution in [3.8, 4) is 0 Å². The smallest absolute Gasteiger partial charge is 0.153 e. The molecular formula is C11H14O2. The van der Waals surface area contributed by atoms with E-state index in [4.69, 9.17) is 4.42 Å². The van der Waals surface area contributed by atoms with Gasteiger partial charge in [0.2, 0.25) is 0 Å². The molecule has 2 nitrogen and oxygen atoms in total. The average molecular weight is 178 g/mol. The molecule has 0 spiro atoms. The maximum Gasteiger partial charge on any atom is 0.153 e. The van der Waals surface area contributed by atoms with Gasteiger partial charge in [0.05, 0.1) is 11.8 Å². The Morgan fingerprint density at radius 1 is 1.31 bits per heavy atom. The summed E-state index contributed by atoms with van der Waals surface area (Å²) >= 11 is 0. The maximum atomic E-state index is 10.7. The highest BCUT2D eigenvalue weighted by molar-refractivity contribution is 5.76. The SMILES string of the molecule is O=Cc1ccoc1C1CCCCC1. The number of rotatable bonds is 2. The van der Waals surface area contributed by atoms with Gasteiger partial charge in [0.1, 0.15) is 5.76 Å². The van der Waals surface area contributed by atoms with Crippen molar-refractivity contribution in [2.75, 3.05) is 0 Å². The summed E-state index contributed by atoms with van der Waals surface area (Å²) in [7, 11) is 0. The van der Waals surface area contributed by atoms with Crippen molar-refractivity contribution in [1.29, 1.82) is 0 Å². The zero-order chi connectivity index (χ0) is 9.10. The van der Waals surface area contributed by atoms with Gasteiger partial charge in [-0.05, 0) is 18.9 Å². The van der Waals surface area contributed by atoms with Crippen LogP contribution >= 0.6 is 0 Å². The Bertz CT molecular complexity index is 282. The van der Waals surface area contributed by atoms with E-state index in [-0.39, 0.29) is 0 Å². The Kier molecular flexibility index (Phi) is 2.48. The van der Waals surface area contributed by atoms with Crippen LogP contribution in [-0.4, -0.2) is 6.29 Å². The predicted octanol–water partition coefficient (Wildman–Crippen LogP) is 3.14. The zero-order valence-corrected chi connectivity index (χ0v) is 7.66. The Balaban J connectivity index is 2.17. The molecule has 2 heteroatoms. The second-order valence-electron chi connectivity index (χ2n) is 3.69. The van der Waals surface area contributed by atoms with Crippen LogP contribution in [0.15, 0.2) is 16.7 Å². The first-order chi connectivity index (χ1) is 6.42. The van der Waals surface area contributed by atoms with Crippen LogP contribution in [0.2, 0.25) is 0 Å². The lowest BCUT2D eigenvalue weighted by Crippen LogP contribution is -2.05. The lowest BCUT2D eigenvalue weighted by molar-refractivity contribution is 0.112. The number of carbonyl (C=O) groups excluding carboxylic acids is 1. The molecule has 0 unspecified atom stereocenters. The Morgan fingerprint density at radius 2 is 2.08 bits per heavy atom. The van der Waals surface area contributed by atoms with Crippen LogP contribution in [0.1, 0.15) is 54.1 Å². The van der Waals surface area contributed by atoms with Gasteiger partial charge in [0, 0.05) is 5.92 Å². The molecule has 2 rings (SSSR count). The van der Waals surface area contributed by atoms with Crippen LogP contribution in [0.5, 0.6) is 0 Å². The van der Waals surface area contributed by atoms with Gasteiger partial charge in [0.15, 0.2) is 6.29 Å². The normalized spacial score (nSPS) is 18.8. The fraction of sp³-hybridized carbons (Fsp3) is 0.545. The molecule has 0 saturated heterocycles. The number of hydrogen-bond acceptors (Lipinski definition) is 2. The third kappa shape index (κ3) is 1.67. The highest BCUT2D eigenvalue weighted by Crippen LogP contribution is 2.34. The summed E-state index contributed by atoms with van der Waals surface area (Å²) in [5, 5.41) is 0. The van der Waals surface area contributed by atoms with Gasteiger partial charge >= 0.3 is 0 Å². The molecule has 1 aliphatic carbocycles. The lowest BCUT2D eigenvalue weighted by Gasteiger charge is -2.19. The molecule has 0 atom stereocenters. The number of hydrogen-bond donors (Lipinski definition) is 0. The highest BCUT2D eigenvalue weighted by atomic mass is 16.3. The maximum absolute atomic E-state index is 10.7. The molecule has 13 heavy (non-hydrogen) atoms. The first-order valence-electron chi connectivity index (χ1n) is 4.94. The molecule has 0 aliphatic heterocycles. The van der Waals surface area contributed by atoms with Crippen LogP contribution in [0.25, 0.3) is 0 Å². The van der Waals surface area contributed by atoms with Crippen molar-refractivity contribution >= 4 is 6.29 Å². The molecule has 1 saturated carbocycles. The van der Waals surface area contributed by atoms with Crippen molar-refractivity contribution in [3.05, 3.63) is 23.7 Å². The molecular weight excluding hydrogens is 164 g/mol. The van der Waals surface area contributed by atoms with Crippen LogP contribution < -0.4 is 0 Å². The monoisotopic (exact) mass is 178 g/mol. The molecule has 0 amide bonds. The third-order valence-electron chi connectivity index (χ3n) is 2.83. The van der Waals surface area contributed by atoms with Gasteiger partial charge < -0.3 is 4.42 Å². The minimum absolute atomic E-state index is 0.490. The summed E-state index contributed by atoms with van der Waals surface area (Å²) in [5.41, 5.74) is 0.743. The van der Waals surface area contributed by atoms with Crippen molar-refractivity contribution in [2.45, 2.75) is 38.0 Å². The Morgan fingerprint density at radius 3 is 2.77 bits per heavy atom. The van der Waals surface area contributed by atoms with Gasteiger partial charge in [-0.1, -0.05) is 19.3 Å². The van der Waals surface area contributed by atoms with Gasteiger partial charge in [-0.3, -0.25) is 4.79 Å².